The molecule has 1 aromatic carbocycles. The topological polar surface area (TPSA) is 168 Å². The number of nitriles is 1. The van der Waals surface area contributed by atoms with Crippen molar-refractivity contribution in [1.29, 1.82) is 5.26 Å². The van der Waals surface area contributed by atoms with Crippen molar-refractivity contribution in [2.75, 3.05) is 0 Å². The Morgan fingerprint density at radius 1 is 0.812 bits per heavy atom. The first-order valence-corrected chi connectivity index (χ1v) is 16.3. The van der Waals surface area contributed by atoms with Gasteiger partial charge in [0.2, 0.25) is 11.2 Å². The van der Waals surface area contributed by atoms with Crippen LogP contribution in [0.1, 0.15) is 98.5 Å². The fraction of sp³-hybridized carbons (Fsp3) is 0.611. The third-order valence-electron chi connectivity index (χ3n) is 13.1. The van der Waals surface area contributed by atoms with E-state index < -0.39 is 80.0 Å². The lowest BCUT2D eigenvalue weighted by Gasteiger charge is -2.45. The molecule has 0 spiro atoms. The van der Waals surface area contributed by atoms with Crippen LogP contribution in [0.25, 0.3) is 11.0 Å². The first-order valence-electron chi connectivity index (χ1n) is 16.3. The fourth-order valence-corrected chi connectivity index (χ4v) is 8.80. The van der Waals surface area contributed by atoms with Crippen molar-refractivity contribution < 1.29 is 47.3 Å². The summed E-state index contributed by atoms with van der Waals surface area (Å²) >= 11 is 0. The second-order valence-corrected chi connectivity index (χ2v) is 16.0. The molecule has 5 aliphatic rings. The Labute approximate surface area is 277 Å². The highest BCUT2D eigenvalue weighted by molar-refractivity contribution is 5.95. The lowest BCUT2D eigenvalue weighted by atomic mass is 9.66. The molecule has 0 N–H and O–H groups in total. The number of esters is 4. The summed E-state index contributed by atoms with van der Waals surface area (Å²) in [5.41, 5.74) is -8.64. The molecule has 12 heteroatoms. The maximum Gasteiger partial charge on any atom is 0.351 e. The summed E-state index contributed by atoms with van der Waals surface area (Å²) in [7, 11) is 0. The molecule has 48 heavy (non-hydrogen) atoms. The summed E-state index contributed by atoms with van der Waals surface area (Å²) in [6.45, 7) is 14.1. The molecule has 2 aromatic rings. The summed E-state index contributed by atoms with van der Waals surface area (Å²) in [6.07, 6.45) is -1.75. The molecule has 2 saturated heterocycles. The molecule has 6 atom stereocenters. The molecule has 2 saturated carbocycles. The van der Waals surface area contributed by atoms with E-state index in [4.69, 9.17) is 28.1 Å². The standard InChI is InChI=1S/C36H39NO11/c1-30(2)25(45-29(42)36-15-13-34(8,27(40)48-36)32(36,5)6)24(44-28(41)35-14-12-33(7,26(39)47-35)31(35,3)4)22-21(46-30)10-9-19-20(38)17-18(11-16-37)43-23(19)22/h9-10,17,24-25H,11-15H2,1-8H3/t24-,25-,33+,34+,35-,36-/m1/s1. The summed E-state index contributed by atoms with van der Waals surface area (Å²) < 4.78 is 36.8. The van der Waals surface area contributed by atoms with Gasteiger partial charge in [0.1, 0.15) is 22.7 Å². The normalized spacial score (nSPS) is 36.1. The molecule has 0 radical (unpaired) electrons. The van der Waals surface area contributed by atoms with Crippen LogP contribution >= 0.6 is 0 Å². The largest absolute Gasteiger partial charge is 0.483 e. The molecule has 0 amide bonds. The van der Waals surface area contributed by atoms with Crippen molar-refractivity contribution >= 4 is 34.8 Å². The maximum absolute atomic E-state index is 14.5. The van der Waals surface area contributed by atoms with Gasteiger partial charge in [0.15, 0.2) is 17.6 Å². The average Bonchev–Trinajstić information content (AvgIpc) is 3.46. The lowest BCUT2D eigenvalue weighted by molar-refractivity contribution is -0.217. The molecule has 254 valence electrons. The van der Waals surface area contributed by atoms with Gasteiger partial charge in [-0.15, -0.1) is 0 Å². The highest BCUT2D eigenvalue weighted by atomic mass is 16.7. The predicted molar refractivity (Wildman–Crippen MR) is 165 cm³/mol. The van der Waals surface area contributed by atoms with E-state index in [9.17, 15) is 29.2 Å². The molecule has 3 aliphatic heterocycles. The Hall–Kier alpha value is -4.40. The summed E-state index contributed by atoms with van der Waals surface area (Å²) in [6, 6.07) is 6.25. The van der Waals surface area contributed by atoms with Crippen molar-refractivity contribution in [1.82, 2.24) is 0 Å². The second-order valence-electron chi connectivity index (χ2n) is 16.0. The Kier molecular flexibility index (Phi) is 6.29. The molecule has 2 aliphatic carbocycles. The minimum atomic E-state index is -1.64. The first-order chi connectivity index (χ1) is 22.2. The van der Waals surface area contributed by atoms with E-state index in [1.165, 1.54) is 12.1 Å². The Balaban J connectivity index is 1.39. The lowest BCUT2D eigenvalue weighted by Crippen LogP contribution is -2.57. The van der Waals surface area contributed by atoms with Crippen LogP contribution in [0.5, 0.6) is 5.75 Å². The SMILES string of the molecule is CC1(C)Oc2ccc3c(=O)cc(CC#N)oc3c2[C@@H](OC(=O)[C@@]23CC[C@@](C)(C(=O)O2)C3(C)C)[C@H]1OC(=O)[C@@]12CC[C@@](C)(C(=O)O1)C2(C)C. The number of carbonyl (C=O) groups excluding carboxylic acids is 4. The highest BCUT2D eigenvalue weighted by Gasteiger charge is 2.78. The third-order valence-corrected chi connectivity index (χ3v) is 13.1. The van der Waals surface area contributed by atoms with Gasteiger partial charge < -0.3 is 28.1 Å². The van der Waals surface area contributed by atoms with Crippen LogP contribution in [0.15, 0.2) is 27.4 Å². The minimum Gasteiger partial charge on any atom is -0.483 e. The Morgan fingerprint density at radius 2 is 1.35 bits per heavy atom. The smallest absolute Gasteiger partial charge is 0.351 e. The number of hydrogen-bond acceptors (Lipinski definition) is 12. The van der Waals surface area contributed by atoms with Gasteiger partial charge in [-0.1, -0.05) is 27.7 Å². The van der Waals surface area contributed by atoms with Crippen molar-refractivity contribution in [3.05, 3.63) is 39.7 Å². The van der Waals surface area contributed by atoms with Gasteiger partial charge in [-0.25, -0.2) is 9.59 Å². The number of benzene rings is 1. The van der Waals surface area contributed by atoms with Crippen molar-refractivity contribution in [2.45, 2.75) is 117 Å². The molecular weight excluding hydrogens is 622 g/mol. The number of ether oxygens (including phenoxy) is 5. The molecule has 4 bridgehead atoms. The Bertz CT molecular complexity index is 1950. The number of carbonyl (C=O) groups is 4. The van der Waals surface area contributed by atoms with Crippen LogP contribution in [0.2, 0.25) is 0 Å². The van der Waals surface area contributed by atoms with Crippen LogP contribution in [-0.4, -0.2) is 46.8 Å². The zero-order valence-corrected chi connectivity index (χ0v) is 28.4. The minimum absolute atomic E-state index is 0.00438. The van der Waals surface area contributed by atoms with Gasteiger partial charge in [0, 0.05) is 16.9 Å². The zero-order chi connectivity index (χ0) is 35.0. The van der Waals surface area contributed by atoms with Gasteiger partial charge in [-0.2, -0.15) is 5.26 Å². The predicted octanol–water partition coefficient (Wildman–Crippen LogP) is 4.77. The molecule has 1 aromatic heterocycles. The third kappa shape index (κ3) is 3.57. The van der Waals surface area contributed by atoms with Gasteiger partial charge in [0.25, 0.3) is 0 Å². The van der Waals surface area contributed by atoms with Crippen molar-refractivity contribution in [3.63, 3.8) is 0 Å². The van der Waals surface area contributed by atoms with Crippen LogP contribution < -0.4 is 10.2 Å². The van der Waals surface area contributed by atoms with Crippen molar-refractivity contribution in [3.8, 4) is 11.8 Å². The molecule has 12 nitrogen and oxygen atoms in total. The van der Waals surface area contributed by atoms with E-state index in [0.717, 1.165) is 0 Å². The van der Waals surface area contributed by atoms with Gasteiger partial charge in [-0.3, -0.25) is 14.4 Å². The first kappa shape index (κ1) is 32.2. The van der Waals surface area contributed by atoms with Crippen LogP contribution in [0.3, 0.4) is 0 Å². The quantitative estimate of drug-likeness (QED) is 0.318. The van der Waals surface area contributed by atoms with E-state index >= 15 is 0 Å². The molecule has 4 fully saturated rings. The number of fused-ring (bicyclic) bond motifs is 7. The zero-order valence-electron chi connectivity index (χ0n) is 28.4. The molecular formula is C36H39NO11. The second kappa shape index (κ2) is 9.39. The number of rotatable bonds is 5. The van der Waals surface area contributed by atoms with Gasteiger partial charge >= 0.3 is 23.9 Å². The number of nitrogens with zero attached hydrogens (tertiary/aromatic N) is 1. The van der Waals surface area contributed by atoms with E-state index in [1.54, 1.807) is 61.5 Å². The molecule has 0 unspecified atom stereocenters. The highest BCUT2D eigenvalue weighted by Crippen LogP contribution is 2.67. The summed E-state index contributed by atoms with van der Waals surface area (Å²) in [5, 5.41) is 9.49. The van der Waals surface area contributed by atoms with Gasteiger partial charge in [-0.05, 0) is 65.5 Å². The van der Waals surface area contributed by atoms with Crippen LogP contribution in [-0.2, 0) is 44.5 Å². The van der Waals surface area contributed by atoms with E-state index in [-0.39, 0.29) is 47.3 Å². The van der Waals surface area contributed by atoms with E-state index in [1.807, 2.05) is 6.07 Å². The monoisotopic (exact) mass is 661 g/mol. The molecule has 7 rings (SSSR count). The fourth-order valence-electron chi connectivity index (χ4n) is 8.80. The molecule has 4 heterocycles. The van der Waals surface area contributed by atoms with Crippen LogP contribution in [0.4, 0.5) is 0 Å². The average molecular weight is 662 g/mol. The van der Waals surface area contributed by atoms with E-state index in [2.05, 4.69) is 0 Å². The van der Waals surface area contributed by atoms with Gasteiger partial charge in [0.05, 0.1) is 34.3 Å². The van der Waals surface area contributed by atoms with E-state index in [0.29, 0.717) is 12.8 Å². The Morgan fingerprint density at radius 3 is 1.83 bits per heavy atom. The van der Waals surface area contributed by atoms with Crippen molar-refractivity contribution in [2.24, 2.45) is 21.7 Å². The summed E-state index contributed by atoms with van der Waals surface area (Å²) in [5.74, 6) is -2.38. The summed E-state index contributed by atoms with van der Waals surface area (Å²) in [4.78, 5) is 68.2. The number of hydrogen-bond donors (Lipinski definition) is 0. The maximum atomic E-state index is 14.5. The van der Waals surface area contributed by atoms with Crippen LogP contribution in [0, 0.1) is 33.0 Å².